The summed E-state index contributed by atoms with van der Waals surface area (Å²) < 4.78 is 13.9. The van der Waals surface area contributed by atoms with Crippen LogP contribution in [0.3, 0.4) is 0 Å². The standard InChI is InChI=1S/C24H21Cl2N5O3/c1-5-31-18-9-17(16-12-30(7-6-27)29-13(16)2)28-11-14(18)8-15(24(31)32)21-22(25)19(33-3)10-20(34-4)23(21)26/h8-12H,5,7H2,1-4H3. The third-order valence-electron chi connectivity index (χ3n) is 5.59. The molecule has 0 atom stereocenters. The average Bonchev–Trinajstić information content (AvgIpc) is 3.19. The Morgan fingerprint density at radius 1 is 1.09 bits per heavy atom. The summed E-state index contributed by atoms with van der Waals surface area (Å²) in [7, 11) is 2.96. The molecule has 3 aromatic heterocycles. The second-order valence-electron chi connectivity index (χ2n) is 7.50. The maximum atomic E-state index is 13.6. The lowest BCUT2D eigenvalue weighted by atomic mass is 10.0. The molecule has 0 saturated heterocycles. The molecule has 0 unspecified atom stereocenters. The second kappa shape index (κ2) is 9.37. The van der Waals surface area contributed by atoms with E-state index in [1.54, 1.807) is 33.8 Å². The van der Waals surface area contributed by atoms with Crippen LogP contribution in [0, 0.1) is 18.3 Å². The molecule has 10 heteroatoms. The first-order valence-corrected chi connectivity index (χ1v) is 11.1. The Hall–Kier alpha value is -3.54. The third kappa shape index (κ3) is 3.87. The summed E-state index contributed by atoms with van der Waals surface area (Å²) in [6, 6.07) is 7.22. The lowest BCUT2D eigenvalue weighted by Gasteiger charge is -2.17. The fourth-order valence-corrected chi connectivity index (χ4v) is 4.66. The van der Waals surface area contributed by atoms with Crippen LogP contribution in [0.4, 0.5) is 0 Å². The van der Waals surface area contributed by atoms with Gasteiger partial charge in [-0.3, -0.25) is 14.5 Å². The van der Waals surface area contributed by atoms with Gasteiger partial charge in [-0.25, -0.2) is 0 Å². The van der Waals surface area contributed by atoms with Crippen molar-refractivity contribution >= 4 is 34.1 Å². The largest absolute Gasteiger partial charge is 0.495 e. The van der Waals surface area contributed by atoms with Gasteiger partial charge in [0, 0.05) is 41.5 Å². The number of aryl methyl sites for hydroxylation is 2. The van der Waals surface area contributed by atoms with Gasteiger partial charge in [0.25, 0.3) is 5.56 Å². The molecule has 1 aromatic carbocycles. The van der Waals surface area contributed by atoms with Gasteiger partial charge in [-0.05, 0) is 26.0 Å². The van der Waals surface area contributed by atoms with Gasteiger partial charge in [0.05, 0.1) is 52.8 Å². The number of nitrogens with zero attached hydrogens (tertiary/aromatic N) is 5. The van der Waals surface area contributed by atoms with Crippen molar-refractivity contribution in [3.8, 4) is 40.0 Å². The Kier molecular flexibility index (Phi) is 6.51. The molecule has 0 bridgehead atoms. The van der Waals surface area contributed by atoms with Crippen molar-refractivity contribution in [3.63, 3.8) is 0 Å². The van der Waals surface area contributed by atoms with E-state index in [9.17, 15) is 4.79 Å². The zero-order valence-electron chi connectivity index (χ0n) is 19.0. The number of nitriles is 1. The number of halogens is 2. The number of rotatable bonds is 6. The summed E-state index contributed by atoms with van der Waals surface area (Å²) in [6.45, 7) is 4.29. The molecule has 4 rings (SSSR count). The molecular formula is C24H21Cl2N5O3. The summed E-state index contributed by atoms with van der Waals surface area (Å²) in [5, 5.41) is 14.5. The SMILES string of the molecule is CCn1c(=O)c(-c2c(Cl)c(OC)cc(OC)c2Cl)cc2cnc(-c3cn(CC#N)nc3C)cc21. The average molecular weight is 498 g/mol. The number of benzene rings is 1. The monoisotopic (exact) mass is 497 g/mol. The van der Waals surface area contributed by atoms with Gasteiger partial charge in [0.15, 0.2) is 0 Å². The maximum absolute atomic E-state index is 13.6. The molecule has 0 saturated carbocycles. The number of hydrogen-bond donors (Lipinski definition) is 0. The Morgan fingerprint density at radius 3 is 2.35 bits per heavy atom. The van der Waals surface area contributed by atoms with Crippen LogP contribution in [-0.4, -0.2) is 33.6 Å². The molecule has 174 valence electrons. The van der Waals surface area contributed by atoms with E-state index in [-0.39, 0.29) is 22.1 Å². The molecular weight excluding hydrogens is 477 g/mol. The molecule has 0 aliphatic heterocycles. The van der Waals surface area contributed by atoms with Gasteiger partial charge < -0.3 is 14.0 Å². The lowest BCUT2D eigenvalue weighted by molar-refractivity contribution is 0.395. The highest BCUT2D eigenvalue weighted by Gasteiger charge is 2.23. The molecule has 0 N–H and O–H groups in total. The number of aromatic nitrogens is 4. The molecule has 8 nitrogen and oxygen atoms in total. The normalized spacial score (nSPS) is 11.0. The molecule has 4 aromatic rings. The first-order chi connectivity index (χ1) is 16.3. The fourth-order valence-electron chi connectivity index (χ4n) is 3.96. The molecule has 0 radical (unpaired) electrons. The van der Waals surface area contributed by atoms with Crippen LogP contribution >= 0.6 is 23.2 Å². The molecule has 0 fully saturated rings. The van der Waals surface area contributed by atoms with Crippen molar-refractivity contribution < 1.29 is 9.47 Å². The second-order valence-corrected chi connectivity index (χ2v) is 8.26. The lowest BCUT2D eigenvalue weighted by Crippen LogP contribution is -2.21. The fraction of sp³-hybridized carbons (Fsp3) is 0.250. The smallest absolute Gasteiger partial charge is 0.259 e. The first kappa shape index (κ1) is 23.6. The zero-order valence-corrected chi connectivity index (χ0v) is 20.5. The van der Waals surface area contributed by atoms with Crippen molar-refractivity contribution in [1.82, 2.24) is 19.3 Å². The molecule has 0 amide bonds. The van der Waals surface area contributed by atoms with Gasteiger partial charge in [-0.2, -0.15) is 10.4 Å². The van der Waals surface area contributed by atoms with Crippen molar-refractivity contribution in [2.24, 2.45) is 0 Å². The van der Waals surface area contributed by atoms with Gasteiger partial charge in [0.2, 0.25) is 0 Å². The van der Waals surface area contributed by atoms with Crippen LogP contribution in [0.2, 0.25) is 10.0 Å². The minimum absolute atomic E-state index is 0.142. The summed E-state index contributed by atoms with van der Waals surface area (Å²) in [5.41, 5.74) is 3.29. The van der Waals surface area contributed by atoms with E-state index in [4.69, 9.17) is 37.9 Å². The van der Waals surface area contributed by atoms with Gasteiger partial charge in [-0.15, -0.1) is 0 Å². The molecule has 0 aliphatic rings. The summed E-state index contributed by atoms with van der Waals surface area (Å²) in [5.74, 6) is 0.692. The Morgan fingerprint density at radius 2 is 1.76 bits per heavy atom. The maximum Gasteiger partial charge on any atom is 0.259 e. The van der Waals surface area contributed by atoms with Crippen LogP contribution in [0.5, 0.6) is 11.5 Å². The predicted octanol–water partition coefficient (Wildman–Crippen LogP) is 5.10. The molecule has 34 heavy (non-hydrogen) atoms. The van der Waals surface area contributed by atoms with Crippen LogP contribution in [0.1, 0.15) is 12.6 Å². The third-order valence-corrected chi connectivity index (χ3v) is 6.34. The van der Waals surface area contributed by atoms with Crippen molar-refractivity contribution in [3.05, 3.63) is 56.7 Å². The first-order valence-electron chi connectivity index (χ1n) is 10.4. The number of fused-ring (bicyclic) bond motifs is 1. The van der Waals surface area contributed by atoms with Gasteiger partial charge >= 0.3 is 0 Å². The minimum atomic E-state index is -0.261. The highest BCUT2D eigenvalue weighted by atomic mass is 35.5. The summed E-state index contributed by atoms with van der Waals surface area (Å²) >= 11 is 13.2. The van der Waals surface area contributed by atoms with Crippen LogP contribution in [0.25, 0.3) is 33.3 Å². The van der Waals surface area contributed by atoms with E-state index < -0.39 is 0 Å². The van der Waals surface area contributed by atoms with Crippen molar-refractivity contribution in [2.75, 3.05) is 14.2 Å². The minimum Gasteiger partial charge on any atom is -0.495 e. The Bertz CT molecular complexity index is 1490. The number of methoxy groups -OCH3 is 2. The van der Waals surface area contributed by atoms with E-state index >= 15 is 0 Å². The van der Waals surface area contributed by atoms with Crippen molar-refractivity contribution in [1.29, 1.82) is 5.26 Å². The van der Waals surface area contributed by atoms with Crippen LogP contribution < -0.4 is 15.0 Å². The molecule has 0 spiro atoms. The van der Waals surface area contributed by atoms with E-state index in [1.807, 2.05) is 19.9 Å². The molecule has 0 aliphatic carbocycles. The topological polar surface area (TPSA) is 95.0 Å². The highest BCUT2D eigenvalue weighted by molar-refractivity contribution is 6.41. The number of pyridine rings is 2. The predicted molar refractivity (Wildman–Crippen MR) is 132 cm³/mol. The highest BCUT2D eigenvalue weighted by Crippen LogP contribution is 2.45. The quantitative estimate of drug-likeness (QED) is 0.367. The van der Waals surface area contributed by atoms with Gasteiger partial charge in [-0.1, -0.05) is 23.2 Å². The molecule has 3 heterocycles. The van der Waals surface area contributed by atoms with Crippen LogP contribution in [-0.2, 0) is 13.1 Å². The van der Waals surface area contributed by atoms with Crippen LogP contribution in [0.15, 0.2) is 35.4 Å². The summed E-state index contributed by atoms with van der Waals surface area (Å²) in [4.78, 5) is 18.2. The van der Waals surface area contributed by atoms with Gasteiger partial charge in [0.1, 0.15) is 18.0 Å². The van der Waals surface area contributed by atoms with E-state index in [2.05, 4.69) is 16.2 Å². The Balaban J connectivity index is 1.98. The van der Waals surface area contributed by atoms with E-state index in [0.717, 1.165) is 16.6 Å². The summed E-state index contributed by atoms with van der Waals surface area (Å²) in [6.07, 6.45) is 3.47. The van der Waals surface area contributed by atoms with Crippen molar-refractivity contribution in [2.45, 2.75) is 26.9 Å². The number of hydrogen-bond acceptors (Lipinski definition) is 6. The zero-order chi connectivity index (χ0) is 24.6. The van der Waals surface area contributed by atoms with E-state index in [0.29, 0.717) is 40.4 Å². The Labute approximate surface area is 205 Å². The number of ether oxygens (including phenoxy) is 2. The van der Waals surface area contributed by atoms with E-state index in [1.165, 1.54) is 14.2 Å².